The first-order chi connectivity index (χ1) is 8.92. The number of anilines is 1. The van der Waals surface area contributed by atoms with Crippen LogP contribution in [0, 0.1) is 0 Å². The Bertz CT molecular complexity index is 630. The third-order valence-electron chi connectivity index (χ3n) is 2.25. The molecule has 0 aliphatic heterocycles. The van der Waals surface area contributed by atoms with E-state index in [0.29, 0.717) is 4.31 Å². The highest BCUT2D eigenvalue weighted by Gasteiger charge is 2.32. The van der Waals surface area contributed by atoms with Crippen molar-refractivity contribution in [3.63, 3.8) is 0 Å². The molecule has 20 heavy (non-hydrogen) atoms. The second-order valence-corrected chi connectivity index (χ2v) is 6.09. The van der Waals surface area contributed by atoms with Crippen molar-refractivity contribution in [2.75, 3.05) is 17.6 Å². The lowest BCUT2D eigenvalue weighted by molar-refractivity contribution is -0.274. The third kappa shape index (κ3) is 4.27. The van der Waals surface area contributed by atoms with Gasteiger partial charge in [0.05, 0.1) is 17.5 Å². The summed E-state index contributed by atoms with van der Waals surface area (Å²) in [5.74, 6) is -0.662. The fourth-order valence-electron chi connectivity index (χ4n) is 1.31. The van der Waals surface area contributed by atoms with Crippen molar-refractivity contribution in [1.82, 2.24) is 0 Å². The van der Waals surface area contributed by atoms with Crippen LogP contribution in [0.1, 0.15) is 10.4 Å². The Balaban J connectivity index is 3.37. The third-order valence-corrected chi connectivity index (χ3v) is 3.65. The average Bonchev–Trinajstić information content (AvgIpc) is 2.24. The van der Waals surface area contributed by atoms with Crippen molar-refractivity contribution in [2.24, 2.45) is 0 Å². The van der Waals surface area contributed by atoms with Crippen LogP contribution < -0.4 is 9.04 Å². The van der Waals surface area contributed by atoms with E-state index >= 15 is 0 Å². The summed E-state index contributed by atoms with van der Waals surface area (Å²) in [5, 5.41) is -1.01. The molecular weight excluding hydrogens is 323 g/mol. The molecule has 10 heteroatoms. The van der Waals surface area contributed by atoms with Crippen molar-refractivity contribution in [2.45, 2.75) is 6.36 Å². The lowest BCUT2D eigenvalue weighted by Gasteiger charge is -2.20. The number of hydrogen-bond donors (Lipinski definition) is 0. The van der Waals surface area contributed by atoms with Crippen molar-refractivity contribution >= 4 is 32.6 Å². The predicted molar refractivity (Wildman–Crippen MR) is 66.6 cm³/mol. The molecule has 0 N–H and O–H groups in total. The van der Waals surface area contributed by atoms with Crippen LogP contribution in [0.4, 0.5) is 18.9 Å². The molecule has 0 aliphatic rings. The van der Waals surface area contributed by atoms with Crippen molar-refractivity contribution in [1.29, 1.82) is 0 Å². The van der Waals surface area contributed by atoms with Gasteiger partial charge >= 0.3 is 6.36 Å². The highest BCUT2D eigenvalue weighted by Crippen LogP contribution is 2.31. The zero-order valence-electron chi connectivity index (χ0n) is 10.2. The molecule has 0 amide bonds. The maximum absolute atomic E-state index is 12.1. The van der Waals surface area contributed by atoms with E-state index in [2.05, 4.69) is 4.74 Å². The second kappa shape index (κ2) is 5.49. The number of rotatable bonds is 4. The number of alkyl halides is 3. The molecule has 0 saturated carbocycles. The molecule has 5 nitrogen and oxygen atoms in total. The minimum Gasteiger partial charge on any atom is -0.406 e. The number of carbonyl (C=O) groups is 1. The summed E-state index contributed by atoms with van der Waals surface area (Å²) in [6, 6.07) is 2.58. The van der Waals surface area contributed by atoms with Gasteiger partial charge < -0.3 is 4.74 Å². The van der Waals surface area contributed by atoms with Crippen LogP contribution in [0.3, 0.4) is 0 Å². The quantitative estimate of drug-likeness (QED) is 0.795. The normalized spacial score (nSPS) is 12.1. The van der Waals surface area contributed by atoms with Crippen molar-refractivity contribution < 1.29 is 31.1 Å². The van der Waals surface area contributed by atoms with E-state index in [1.807, 2.05) is 0 Å². The Morgan fingerprint density at radius 2 is 1.90 bits per heavy atom. The fraction of sp³-hybridized carbons (Fsp3) is 0.300. The molecule has 1 rings (SSSR count). The van der Waals surface area contributed by atoms with E-state index in [4.69, 9.17) is 11.6 Å². The van der Waals surface area contributed by atoms with Crippen LogP contribution in [0.5, 0.6) is 5.75 Å². The molecule has 0 atom stereocenters. The molecule has 1 aromatic carbocycles. The minimum absolute atomic E-state index is 0.255. The van der Waals surface area contributed by atoms with Gasteiger partial charge in [-0.2, -0.15) is 0 Å². The molecule has 112 valence electrons. The standard InChI is InChI=1S/C10H9ClF3NO4S/c1-15(20(2,17)18)8-5-6(19-10(12,13)14)3-4-7(8)9(11)16/h3-5H,1-2H3. The van der Waals surface area contributed by atoms with Crippen molar-refractivity contribution in [3.8, 4) is 5.75 Å². The number of ether oxygens (including phenoxy) is 1. The van der Waals surface area contributed by atoms with Crippen LogP contribution in [0.15, 0.2) is 18.2 Å². The predicted octanol–water partition coefficient (Wildman–Crippen LogP) is 2.36. The van der Waals surface area contributed by atoms with Crippen LogP contribution in [0.25, 0.3) is 0 Å². The molecule has 0 unspecified atom stereocenters. The zero-order valence-corrected chi connectivity index (χ0v) is 11.8. The van der Waals surface area contributed by atoms with Gasteiger partial charge in [0, 0.05) is 13.1 Å². The largest absolute Gasteiger partial charge is 0.573 e. The highest BCUT2D eigenvalue weighted by molar-refractivity contribution is 7.92. The smallest absolute Gasteiger partial charge is 0.406 e. The Hall–Kier alpha value is -1.48. The second-order valence-electron chi connectivity index (χ2n) is 3.73. The molecule has 0 spiro atoms. The van der Waals surface area contributed by atoms with Gasteiger partial charge in [-0.15, -0.1) is 13.2 Å². The van der Waals surface area contributed by atoms with Crippen LogP contribution >= 0.6 is 11.6 Å². The molecule has 0 bridgehead atoms. The Morgan fingerprint density at radius 1 is 1.35 bits per heavy atom. The fourth-order valence-corrected chi connectivity index (χ4v) is 1.98. The number of nitrogens with zero attached hydrogens (tertiary/aromatic N) is 1. The van der Waals surface area contributed by atoms with Gasteiger partial charge in [0.15, 0.2) is 0 Å². The number of hydrogen-bond acceptors (Lipinski definition) is 4. The number of carbonyl (C=O) groups excluding carboxylic acids is 1. The number of halogens is 4. The number of sulfonamides is 1. The Labute approximate surface area is 117 Å². The van der Waals surface area contributed by atoms with E-state index in [1.54, 1.807) is 0 Å². The first kappa shape index (κ1) is 16.6. The monoisotopic (exact) mass is 331 g/mol. The van der Waals surface area contributed by atoms with Gasteiger partial charge in [0.1, 0.15) is 5.75 Å². The number of benzene rings is 1. The van der Waals surface area contributed by atoms with Gasteiger partial charge in [0.2, 0.25) is 10.0 Å². The molecule has 0 aromatic heterocycles. The maximum atomic E-state index is 12.1. The van der Waals surface area contributed by atoms with E-state index in [0.717, 1.165) is 31.5 Å². The van der Waals surface area contributed by atoms with E-state index in [1.165, 1.54) is 0 Å². The van der Waals surface area contributed by atoms with E-state index < -0.39 is 27.4 Å². The minimum atomic E-state index is -4.94. The van der Waals surface area contributed by atoms with E-state index in [-0.39, 0.29) is 11.3 Å². The first-order valence-corrected chi connectivity index (χ1v) is 7.18. The van der Waals surface area contributed by atoms with Gasteiger partial charge in [-0.25, -0.2) is 8.42 Å². The molecular formula is C10H9ClF3NO4S. The summed E-state index contributed by atoms with van der Waals surface area (Å²) < 4.78 is 63.5. The average molecular weight is 332 g/mol. The van der Waals surface area contributed by atoms with Crippen LogP contribution in [-0.4, -0.2) is 33.3 Å². The summed E-state index contributed by atoms with van der Waals surface area (Å²) in [7, 11) is -2.71. The summed E-state index contributed by atoms with van der Waals surface area (Å²) >= 11 is 5.26. The summed E-state index contributed by atoms with van der Waals surface area (Å²) in [4.78, 5) is 11.2. The van der Waals surface area contributed by atoms with E-state index in [9.17, 15) is 26.4 Å². The van der Waals surface area contributed by atoms with Crippen LogP contribution in [-0.2, 0) is 10.0 Å². The molecule has 0 radical (unpaired) electrons. The van der Waals surface area contributed by atoms with Crippen molar-refractivity contribution in [3.05, 3.63) is 23.8 Å². The maximum Gasteiger partial charge on any atom is 0.573 e. The molecule has 0 heterocycles. The van der Waals surface area contributed by atoms with Gasteiger partial charge in [-0.1, -0.05) is 0 Å². The first-order valence-electron chi connectivity index (χ1n) is 4.95. The summed E-state index contributed by atoms with van der Waals surface area (Å²) in [5.41, 5.74) is -0.566. The lowest BCUT2D eigenvalue weighted by Crippen LogP contribution is -2.26. The summed E-state index contributed by atoms with van der Waals surface area (Å²) in [6.45, 7) is 0. The van der Waals surface area contributed by atoms with Crippen LogP contribution in [0.2, 0.25) is 0 Å². The SMILES string of the molecule is CN(c1cc(OC(F)(F)F)ccc1C(=O)Cl)S(C)(=O)=O. The van der Waals surface area contributed by atoms with Gasteiger partial charge in [0.25, 0.3) is 5.24 Å². The summed E-state index contributed by atoms with van der Waals surface area (Å²) in [6.07, 6.45) is -4.11. The Kier molecular flexibility index (Phi) is 4.55. The van der Waals surface area contributed by atoms with Gasteiger partial charge in [-0.05, 0) is 23.7 Å². The molecule has 0 aliphatic carbocycles. The molecule has 0 fully saturated rings. The lowest BCUT2D eigenvalue weighted by atomic mass is 10.2. The molecule has 0 saturated heterocycles. The molecule has 1 aromatic rings. The topological polar surface area (TPSA) is 63.7 Å². The van der Waals surface area contributed by atoms with Gasteiger partial charge in [-0.3, -0.25) is 9.10 Å². The zero-order chi connectivity index (χ0) is 15.7. The highest BCUT2D eigenvalue weighted by atomic mass is 35.5. The Morgan fingerprint density at radius 3 is 2.30 bits per heavy atom.